The van der Waals surface area contributed by atoms with Crippen molar-refractivity contribution in [2.24, 2.45) is 0 Å². The number of aromatic nitrogens is 4. The fourth-order valence-electron chi connectivity index (χ4n) is 7.56. The molecule has 2 aliphatic rings. The molecule has 0 atom stereocenters. The van der Waals surface area contributed by atoms with Crippen LogP contribution in [-0.2, 0) is 20.4 Å². The van der Waals surface area contributed by atoms with Gasteiger partial charge in [-0.05, 0) is 48.6 Å². The van der Waals surface area contributed by atoms with Crippen molar-refractivity contribution in [3.05, 3.63) is 163 Å². The molecule has 9 rings (SSSR count). The van der Waals surface area contributed by atoms with E-state index in [0.29, 0.717) is 48.6 Å². The van der Waals surface area contributed by atoms with E-state index in [1.807, 2.05) is 0 Å². The van der Waals surface area contributed by atoms with Gasteiger partial charge in [0.15, 0.2) is 93.1 Å². The van der Waals surface area contributed by atoms with Gasteiger partial charge in [0.25, 0.3) is 0 Å². The Balaban J connectivity index is 0.00000642. The van der Waals surface area contributed by atoms with E-state index in [-0.39, 0.29) is 20.4 Å². The van der Waals surface area contributed by atoms with Gasteiger partial charge in [0.05, 0.1) is 45.0 Å². The van der Waals surface area contributed by atoms with Crippen molar-refractivity contribution in [2.75, 3.05) is 0 Å². The van der Waals surface area contributed by atoms with Crippen LogP contribution in [0.15, 0.2) is 24.3 Å². The number of hydrogen-bond acceptors (Lipinski definition) is 2. The first-order valence-electron chi connectivity index (χ1n) is 18.3. The minimum absolute atomic E-state index is 0. The van der Waals surface area contributed by atoms with Gasteiger partial charge in [0, 0.05) is 44.3 Å². The van der Waals surface area contributed by atoms with E-state index < -0.39 is 206 Å². The number of H-pyrrole nitrogens is 2. The zero-order valence-corrected chi connectivity index (χ0v) is 33.9. The number of fused-ring (bicyclic) bond motifs is 8. The van der Waals surface area contributed by atoms with Crippen LogP contribution in [0.5, 0.6) is 0 Å². The average molecular weight is 1080 g/mol. The summed E-state index contributed by atoms with van der Waals surface area (Å²) in [5.41, 5.74) is -20.5. The van der Waals surface area contributed by atoms with Gasteiger partial charge < -0.3 is 9.97 Å². The summed E-state index contributed by atoms with van der Waals surface area (Å²) < 4.78 is 303. The van der Waals surface area contributed by atoms with E-state index in [4.69, 9.17) is 0 Å². The van der Waals surface area contributed by atoms with Crippen molar-refractivity contribution in [1.82, 2.24) is 19.9 Å². The zero-order valence-electron chi connectivity index (χ0n) is 32.4. The van der Waals surface area contributed by atoms with Crippen molar-refractivity contribution in [2.45, 2.75) is 0 Å². The minimum Gasteiger partial charge on any atom is -0.354 e. The number of rotatable bonds is 4. The van der Waals surface area contributed by atoms with E-state index in [9.17, 15) is 52.7 Å². The maximum absolute atomic E-state index is 15.8. The summed E-state index contributed by atoms with van der Waals surface area (Å²) in [6.45, 7) is 0. The van der Waals surface area contributed by atoms with Gasteiger partial charge in [-0.15, -0.1) is 0 Å². The Bertz CT molecular complexity index is 3120. The first-order chi connectivity index (χ1) is 32.1. The van der Waals surface area contributed by atoms with Crippen LogP contribution >= 0.6 is 0 Å². The van der Waals surface area contributed by atoms with Crippen LogP contribution < -0.4 is 0 Å². The zero-order chi connectivity index (χ0) is 49.3. The average Bonchev–Trinajstić information content (AvgIpc) is 4.18. The first-order valence-corrected chi connectivity index (χ1v) is 18.3. The van der Waals surface area contributed by atoms with Crippen LogP contribution in [0, 0.1) is 116 Å². The molecule has 25 heteroatoms. The third kappa shape index (κ3) is 7.02. The maximum atomic E-state index is 15.8. The van der Waals surface area contributed by atoms with Crippen molar-refractivity contribution < 1.29 is 108 Å². The predicted molar refractivity (Wildman–Crippen MR) is 200 cm³/mol. The molecule has 8 bridgehead atoms. The van der Waals surface area contributed by atoms with Crippen LogP contribution in [0.1, 0.15) is 22.8 Å². The molecule has 0 amide bonds. The smallest absolute Gasteiger partial charge is 0.354 e. The first kappa shape index (κ1) is 48.2. The van der Waals surface area contributed by atoms with Crippen LogP contribution in [0.3, 0.4) is 0 Å². The van der Waals surface area contributed by atoms with E-state index >= 15 is 35.1 Å². The molecule has 4 nitrogen and oxygen atoms in total. The fourth-order valence-corrected chi connectivity index (χ4v) is 7.56. The van der Waals surface area contributed by atoms with Crippen molar-refractivity contribution in [3.8, 4) is 44.5 Å². The summed E-state index contributed by atoms with van der Waals surface area (Å²) in [5.74, 6) is -52.6. The Morgan fingerprint density at radius 3 is 0.522 bits per heavy atom. The number of nitrogens with one attached hydrogen (secondary N) is 2. The molecule has 0 spiro atoms. The molecule has 5 heterocycles. The van der Waals surface area contributed by atoms with Crippen LogP contribution in [0.25, 0.3) is 90.9 Å². The Hall–Kier alpha value is -7.26. The minimum atomic E-state index is -2.72. The third-order valence-corrected chi connectivity index (χ3v) is 10.6. The second kappa shape index (κ2) is 17.1. The van der Waals surface area contributed by atoms with Gasteiger partial charge in [-0.1, -0.05) is 0 Å². The molecular weight excluding hydrogens is 1070 g/mol. The van der Waals surface area contributed by atoms with Gasteiger partial charge in [-0.3, -0.25) is 0 Å². The molecule has 0 saturated heterocycles. The molecule has 4 aromatic carbocycles. The van der Waals surface area contributed by atoms with Gasteiger partial charge in [0.2, 0.25) is 23.3 Å². The SMILES string of the molecule is Fc1c(F)c(F)c(-c2c3nc(c(-c4c(F)c(F)c(F)c(F)c4F)c4ccc([nH]4)c(-c4c(F)c(F)c(F)c(F)c4F)c4nc(c(-c5c(F)c(F)c(F)c(F)c5F)c5ccc2[nH]5)C=C4)C=C3)c(F)c1F.[Pd+2]. The molecule has 0 fully saturated rings. The second-order valence-corrected chi connectivity index (χ2v) is 14.3. The molecule has 354 valence electrons. The quantitative estimate of drug-likeness (QED) is 0.0799. The topological polar surface area (TPSA) is 57.4 Å². The van der Waals surface area contributed by atoms with E-state index in [1.54, 1.807) is 0 Å². The van der Waals surface area contributed by atoms with E-state index in [1.165, 1.54) is 0 Å². The van der Waals surface area contributed by atoms with Crippen LogP contribution in [0.2, 0.25) is 0 Å². The molecule has 69 heavy (non-hydrogen) atoms. The summed E-state index contributed by atoms with van der Waals surface area (Å²) in [6, 6.07) is 2.51. The summed E-state index contributed by atoms with van der Waals surface area (Å²) in [5, 5.41) is 0. The van der Waals surface area contributed by atoms with Gasteiger partial charge in [-0.25, -0.2) is 97.8 Å². The largest absolute Gasteiger partial charge is 2.00 e. The number of hydrogen-bond donors (Lipinski definition) is 2. The van der Waals surface area contributed by atoms with E-state index in [2.05, 4.69) is 19.9 Å². The number of nitrogens with zero attached hydrogens (tertiary/aromatic N) is 2. The van der Waals surface area contributed by atoms with Gasteiger partial charge >= 0.3 is 20.4 Å². The molecule has 0 saturated carbocycles. The van der Waals surface area contributed by atoms with Crippen molar-refractivity contribution >= 4 is 46.4 Å². The Morgan fingerprint density at radius 1 is 0.217 bits per heavy atom. The van der Waals surface area contributed by atoms with Crippen LogP contribution in [-0.4, -0.2) is 19.9 Å². The molecule has 3 aromatic heterocycles. The maximum Gasteiger partial charge on any atom is 2.00 e. The molecular formula is C44H10F20N4Pd+2. The summed E-state index contributed by atoms with van der Waals surface area (Å²) in [6.07, 6.45) is 2.40. The van der Waals surface area contributed by atoms with Crippen molar-refractivity contribution in [3.63, 3.8) is 0 Å². The number of aromatic amines is 2. The molecule has 0 radical (unpaired) electrons. The Kier molecular flexibility index (Phi) is 11.9. The monoisotopic (exact) mass is 1080 g/mol. The van der Waals surface area contributed by atoms with Gasteiger partial charge in [-0.2, -0.15) is 0 Å². The molecule has 0 unspecified atom stereocenters. The normalized spacial score (nSPS) is 12.1. The predicted octanol–water partition coefficient (Wildman–Crippen LogP) is 14.1. The molecule has 2 N–H and O–H groups in total. The Labute approximate surface area is 381 Å². The number of halogens is 20. The van der Waals surface area contributed by atoms with Gasteiger partial charge in [0.1, 0.15) is 0 Å². The fraction of sp³-hybridized carbons (Fsp3) is 0. The number of benzene rings is 4. The molecule has 0 aliphatic carbocycles. The Morgan fingerprint density at radius 2 is 0.362 bits per heavy atom. The summed E-state index contributed by atoms with van der Waals surface area (Å²) >= 11 is 0. The summed E-state index contributed by atoms with van der Waals surface area (Å²) in [4.78, 5) is 12.3. The molecule has 2 aliphatic heterocycles. The van der Waals surface area contributed by atoms with Crippen molar-refractivity contribution in [1.29, 1.82) is 0 Å². The van der Waals surface area contributed by atoms with E-state index in [0.717, 1.165) is 0 Å². The summed E-state index contributed by atoms with van der Waals surface area (Å²) in [7, 11) is 0. The van der Waals surface area contributed by atoms with Crippen LogP contribution in [0.4, 0.5) is 87.8 Å². The third-order valence-electron chi connectivity index (χ3n) is 10.6. The second-order valence-electron chi connectivity index (χ2n) is 14.3. The molecule has 7 aromatic rings. The standard InChI is InChI=1S/C44H10F20N4.Pd/c45-25-21(26(46)34(54)41(61)33(25)53)17-9-1-2-10(65-9)18(22-27(47)35(55)42(62)36(56)28(22)48)12-5-6-14(67-12)20(24-31(51)39(59)44(64)40(60)32(24)52)16-8-7-15(68-16)19(13-4-3-11(17)66-13)23-29(49)37(57)43(63)38(58)30(23)50;/h1-8,65,68H;/q;+2.